The van der Waals surface area contributed by atoms with E-state index >= 15 is 0 Å². The minimum absolute atomic E-state index is 0.0352. The first kappa shape index (κ1) is 83.5. The van der Waals surface area contributed by atoms with Crippen LogP contribution in [0.3, 0.4) is 0 Å². The largest absolute Gasteiger partial charge is 0.472 e. The van der Waals surface area contributed by atoms with E-state index in [4.69, 9.17) is 18.5 Å². The number of carbonyl (C=O) groups is 2. The number of ether oxygens (including phenoxy) is 2. The highest BCUT2D eigenvalue weighted by molar-refractivity contribution is 7.47. The topological polar surface area (TPSA) is 108 Å². The van der Waals surface area contributed by atoms with Crippen molar-refractivity contribution in [1.82, 2.24) is 0 Å². The Morgan fingerprint density at radius 2 is 0.635 bits per heavy atom. The van der Waals surface area contributed by atoms with Crippen LogP contribution in [-0.4, -0.2) is 74.9 Å². The van der Waals surface area contributed by atoms with Crippen LogP contribution in [0.5, 0.6) is 0 Å². The van der Waals surface area contributed by atoms with Crippen molar-refractivity contribution in [1.29, 1.82) is 0 Å². The van der Waals surface area contributed by atoms with Crippen molar-refractivity contribution in [2.45, 2.75) is 399 Å². The second-order valence-electron chi connectivity index (χ2n) is 27.0. The van der Waals surface area contributed by atoms with Crippen molar-refractivity contribution >= 4 is 19.8 Å². The van der Waals surface area contributed by atoms with E-state index < -0.39 is 26.5 Å². The Kier molecular flexibility index (Phi) is 65.7. The summed E-state index contributed by atoms with van der Waals surface area (Å²) in [6.45, 7) is 4.51. The summed E-state index contributed by atoms with van der Waals surface area (Å²) in [6.07, 6.45) is 84.5. The second kappa shape index (κ2) is 66.9. The number of likely N-dealkylation sites (N-methyl/N-ethyl adjacent to an activating group) is 1. The Bertz CT molecular complexity index is 1480. The molecule has 2 atom stereocenters. The maximum atomic E-state index is 12.9. The minimum Gasteiger partial charge on any atom is -0.462 e. The van der Waals surface area contributed by atoms with Gasteiger partial charge in [0, 0.05) is 12.8 Å². The quantitative estimate of drug-likeness (QED) is 0.0211. The van der Waals surface area contributed by atoms with Crippen molar-refractivity contribution in [3.63, 3.8) is 0 Å². The third-order valence-electron chi connectivity index (χ3n) is 17.2. The number of nitrogens with zero attached hydrogens (tertiary/aromatic N) is 1. The van der Waals surface area contributed by atoms with E-state index in [0.29, 0.717) is 23.9 Å². The highest BCUT2D eigenvalue weighted by Gasteiger charge is 2.27. The molecule has 0 aromatic rings. The van der Waals surface area contributed by atoms with Gasteiger partial charge in [-0.15, -0.1) is 0 Å². The highest BCUT2D eigenvalue weighted by Crippen LogP contribution is 2.43. The molecule has 2 unspecified atom stereocenters. The van der Waals surface area contributed by atoms with Gasteiger partial charge in [-0.25, -0.2) is 4.57 Å². The standard InChI is InChI=1S/C75H146NO8P/c1-6-8-10-12-14-16-18-20-22-24-26-28-30-32-34-35-36-37-38-39-40-42-43-45-47-49-51-53-55-57-59-61-63-65-67-74(77)81-71-73(72-83-85(79,80)82-70-69-76(3,4)5)84-75(78)68-66-64-62-60-58-56-54-52-50-48-46-44-41-33-31-29-27-25-23-21-19-17-15-13-11-9-7-2/h19,21,25,27,73H,6-18,20,22-24,26,28-72H2,1-5H3/p+1/b21-19-,27-25-. The summed E-state index contributed by atoms with van der Waals surface area (Å²) in [5.74, 6) is -0.773. The van der Waals surface area contributed by atoms with Gasteiger partial charge >= 0.3 is 19.8 Å². The van der Waals surface area contributed by atoms with E-state index in [0.717, 1.165) is 38.5 Å². The zero-order chi connectivity index (χ0) is 61.9. The Morgan fingerprint density at radius 1 is 0.365 bits per heavy atom. The number of allylic oxidation sites excluding steroid dienone is 4. The molecule has 0 radical (unpaired) electrons. The fourth-order valence-corrected chi connectivity index (χ4v) is 12.2. The Balaban J connectivity index is 3.93. The molecule has 0 bridgehead atoms. The molecule has 0 fully saturated rings. The summed E-state index contributed by atoms with van der Waals surface area (Å²) >= 11 is 0. The van der Waals surface area contributed by atoms with E-state index in [9.17, 15) is 19.0 Å². The van der Waals surface area contributed by atoms with Crippen molar-refractivity contribution in [3.05, 3.63) is 24.3 Å². The predicted octanol–water partition coefficient (Wildman–Crippen LogP) is 24.4. The molecule has 0 aliphatic rings. The van der Waals surface area contributed by atoms with Gasteiger partial charge in [0.1, 0.15) is 19.8 Å². The summed E-state index contributed by atoms with van der Waals surface area (Å²) in [4.78, 5) is 35.9. The van der Waals surface area contributed by atoms with Gasteiger partial charge < -0.3 is 18.9 Å². The van der Waals surface area contributed by atoms with Crippen LogP contribution >= 0.6 is 7.82 Å². The monoisotopic (exact) mass is 1220 g/mol. The molecule has 0 aliphatic carbocycles. The molecule has 0 heterocycles. The molecule has 0 saturated carbocycles. The van der Waals surface area contributed by atoms with Gasteiger partial charge in [-0.2, -0.15) is 0 Å². The Morgan fingerprint density at radius 3 is 0.929 bits per heavy atom. The maximum Gasteiger partial charge on any atom is 0.472 e. The van der Waals surface area contributed by atoms with Crippen molar-refractivity contribution in [2.75, 3.05) is 47.5 Å². The first-order valence-corrected chi connectivity index (χ1v) is 39.1. The fourth-order valence-electron chi connectivity index (χ4n) is 11.5. The molecule has 0 amide bonds. The molecule has 0 aromatic carbocycles. The van der Waals surface area contributed by atoms with Crippen LogP contribution in [0.4, 0.5) is 0 Å². The molecule has 0 spiro atoms. The fraction of sp³-hybridized carbons (Fsp3) is 0.920. The summed E-state index contributed by atoms with van der Waals surface area (Å²) in [5.41, 5.74) is 0. The number of phosphoric acid groups is 1. The lowest BCUT2D eigenvalue weighted by Gasteiger charge is -2.24. The van der Waals surface area contributed by atoms with Gasteiger partial charge in [0.15, 0.2) is 6.10 Å². The van der Waals surface area contributed by atoms with Crippen molar-refractivity contribution < 1.29 is 42.1 Å². The average Bonchev–Trinajstić information content (AvgIpc) is 3.52. The van der Waals surface area contributed by atoms with E-state index in [-0.39, 0.29) is 25.6 Å². The minimum atomic E-state index is -4.39. The maximum absolute atomic E-state index is 12.9. The van der Waals surface area contributed by atoms with Crippen LogP contribution in [0.2, 0.25) is 0 Å². The summed E-state index contributed by atoms with van der Waals surface area (Å²) in [7, 11) is 1.50. The zero-order valence-electron chi connectivity index (χ0n) is 57.6. The normalized spacial score (nSPS) is 13.2. The molecular weight excluding hydrogens is 1070 g/mol. The zero-order valence-corrected chi connectivity index (χ0v) is 58.5. The van der Waals surface area contributed by atoms with E-state index in [1.807, 2.05) is 21.1 Å². The summed E-state index contributed by atoms with van der Waals surface area (Å²) in [6, 6.07) is 0. The predicted molar refractivity (Wildman–Crippen MR) is 367 cm³/mol. The van der Waals surface area contributed by atoms with Crippen LogP contribution in [0.15, 0.2) is 24.3 Å². The molecule has 10 heteroatoms. The third kappa shape index (κ3) is 71.4. The van der Waals surface area contributed by atoms with Crippen LogP contribution in [0.1, 0.15) is 393 Å². The van der Waals surface area contributed by atoms with Gasteiger partial charge in [0.05, 0.1) is 27.7 Å². The van der Waals surface area contributed by atoms with Crippen molar-refractivity contribution in [3.8, 4) is 0 Å². The van der Waals surface area contributed by atoms with Crippen LogP contribution in [0.25, 0.3) is 0 Å². The lowest BCUT2D eigenvalue weighted by Crippen LogP contribution is -2.37. The smallest absolute Gasteiger partial charge is 0.462 e. The summed E-state index contributed by atoms with van der Waals surface area (Å²) < 4.78 is 34.8. The van der Waals surface area contributed by atoms with E-state index in [2.05, 4.69) is 38.2 Å². The van der Waals surface area contributed by atoms with Gasteiger partial charge in [0.25, 0.3) is 0 Å². The molecule has 85 heavy (non-hydrogen) atoms. The molecule has 0 aromatic heterocycles. The van der Waals surface area contributed by atoms with Crippen LogP contribution in [-0.2, 0) is 32.7 Å². The molecule has 0 saturated heterocycles. The van der Waals surface area contributed by atoms with Crippen LogP contribution < -0.4 is 0 Å². The van der Waals surface area contributed by atoms with E-state index in [1.165, 1.54) is 321 Å². The van der Waals surface area contributed by atoms with E-state index in [1.54, 1.807) is 0 Å². The van der Waals surface area contributed by atoms with Crippen LogP contribution in [0, 0.1) is 0 Å². The van der Waals surface area contributed by atoms with Gasteiger partial charge in [-0.1, -0.05) is 359 Å². The molecule has 0 rings (SSSR count). The summed E-state index contributed by atoms with van der Waals surface area (Å²) in [5, 5.41) is 0. The van der Waals surface area contributed by atoms with Gasteiger partial charge in [-0.3, -0.25) is 18.6 Å². The number of rotatable bonds is 71. The number of hydrogen-bond acceptors (Lipinski definition) is 7. The lowest BCUT2D eigenvalue weighted by atomic mass is 10.0. The number of carbonyl (C=O) groups excluding carboxylic acids is 2. The average molecular weight is 1220 g/mol. The first-order chi connectivity index (χ1) is 41.5. The number of unbranched alkanes of at least 4 members (excludes halogenated alkanes) is 53. The SMILES string of the molecule is CCCCCCC/C=C\C/C=C\CCCCCCCCCCCCCCCCCC(=O)OC(COC(=O)CCCCCCCCCCCCCCCCCCCCCCCCCCCCCCCCCCCC)COP(=O)(O)OCC[N+](C)(C)C. The number of hydrogen-bond donors (Lipinski definition) is 1. The molecular formula is C75H147NO8P+. The lowest BCUT2D eigenvalue weighted by molar-refractivity contribution is -0.870. The van der Waals surface area contributed by atoms with Gasteiger partial charge in [0.2, 0.25) is 0 Å². The van der Waals surface area contributed by atoms with Gasteiger partial charge in [-0.05, 0) is 44.9 Å². The first-order valence-electron chi connectivity index (χ1n) is 37.6. The molecule has 1 N–H and O–H groups in total. The Labute approximate surface area is 529 Å². The Hall–Kier alpha value is -1.51. The second-order valence-corrected chi connectivity index (χ2v) is 28.5. The molecule has 9 nitrogen and oxygen atoms in total. The number of esters is 2. The van der Waals surface area contributed by atoms with Crippen molar-refractivity contribution in [2.24, 2.45) is 0 Å². The number of phosphoric ester groups is 1. The molecule has 504 valence electrons. The molecule has 0 aliphatic heterocycles. The third-order valence-corrected chi connectivity index (χ3v) is 18.2. The number of quaternary nitrogens is 1. The highest BCUT2D eigenvalue weighted by atomic mass is 31.2.